The molecular formula is C26H23N3S. The minimum Gasteiger partial charge on any atom is -0.231 e. The minimum absolute atomic E-state index is 0.152. The molecule has 4 heteroatoms. The molecule has 0 amide bonds. The van der Waals surface area contributed by atoms with Crippen molar-refractivity contribution in [2.75, 3.05) is 5.01 Å². The topological polar surface area (TPSA) is 28.5 Å². The third-order valence-corrected chi connectivity index (χ3v) is 6.39. The van der Waals surface area contributed by atoms with Crippen LogP contribution >= 0.6 is 11.3 Å². The van der Waals surface area contributed by atoms with E-state index in [4.69, 9.17) is 10.1 Å². The fourth-order valence-corrected chi connectivity index (χ4v) is 4.76. The lowest BCUT2D eigenvalue weighted by molar-refractivity contribution is 0.706. The second-order valence-corrected chi connectivity index (χ2v) is 8.56. The van der Waals surface area contributed by atoms with E-state index in [1.165, 1.54) is 27.8 Å². The van der Waals surface area contributed by atoms with Crippen molar-refractivity contribution in [1.82, 2.24) is 4.98 Å². The van der Waals surface area contributed by atoms with Gasteiger partial charge in [0.15, 0.2) is 0 Å². The average Bonchev–Trinajstić information content (AvgIpc) is 3.44. The number of hydrazone groups is 1. The molecule has 0 spiro atoms. The van der Waals surface area contributed by atoms with Gasteiger partial charge in [-0.3, -0.25) is 0 Å². The smallest absolute Gasteiger partial charge is 0.207 e. The first kappa shape index (κ1) is 18.8. The molecule has 0 radical (unpaired) electrons. The standard InChI is InChI=1S/C26H23N3S/c1-18-13-14-19(2)22(15-18)24-17-30-26(27-24)29-25(21-11-7-4-8-12-21)16-23(28-29)20-9-5-3-6-10-20/h3-15,17,25H,16H2,1-2H3/t25-/m1/s1. The lowest BCUT2D eigenvalue weighted by Gasteiger charge is -2.21. The van der Waals surface area contributed by atoms with Crippen LogP contribution in [0.1, 0.15) is 34.7 Å². The van der Waals surface area contributed by atoms with Gasteiger partial charge in [0.25, 0.3) is 0 Å². The van der Waals surface area contributed by atoms with Gasteiger partial charge >= 0.3 is 0 Å². The van der Waals surface area contributed by atoms with Crippen LogP contribution < -0.4 is 5.01 Å². The summed E-state index contributed by atoms with van der Waals surface area (Å²) in [5.41, 5.74) is 8.24. The Labute approximate surface area is 181 Å². The van der Waals surface area contributed by atoms with Gasteiger partial charge in [-0.25, -0.2) is 9.99 Å². The lowest BCUT2D eigenvalue weighted by Crippen LogP contribution is -2.18. The summed E-state index contributed by atoms with van der Waals surface area (Å²) in [6.07, 6.45) is 0.867. The summed E-state index contributed by atoms with van der Waals surface area (Å²) in [7, 11) is 0. The van der Waals surface area contributed by atoms with Crippen molar-refractivity contribution in [3.63, 3.8) is 0 Å². The third kappa shape index (κ3) is 3.55. The molecule has 1 aliphatic heterocycles. The maximum atomic E-state index is 5.03. The molecule has 0 saturated heterocycles. The highest BCUT2D eigenvalue weighted by molar-refractivity contribution is 7.14. The van der Waals surface area contributed by atoms with Crippen molar-refractivity contribution in [3.8, 4) is 11.3 Å². The fourth-order valence-electron chi connectivity index (χ4n) is 3.93. The van der Waals surface area contributed by atoms with Gasteiger partial charge < -0.3 is 0 Å². The Morgan fingerprint density at radius 2 is 1.63 bits per heavy atom. The van der Waals surface area contributed by atoms with Crippen molar-refractivity contribution in [1.29, 1.82) is 0 Å². The summed E-state index contributed by atoms with van der Waals surface area (Å²) in [6, 6.07) is 27.7. The maximum Gasteiger partial charge on any atom is 0.207 e. The summed E-state index contributed by atoms with van der Waals surface area (Å²) >= 11 is 1.66. The van der Waals surface area contributed by atoms with Crippen molar-refractivity contribution in [2.24, 2.45) is 5.10 Å². The van der Waals surface area contributed by atoms with E-state index < -0.39 is 0 Å². The van der Waals surface area contributed by atoms with Crippen LogP contribution in [0.15, 0.2) is 89.3 Å². The zero-order valence-corrected chi connectivity index (χ0v) is 17.9. The number of aromatic nitrogens is 1. The Hall–Kier alpha value is -3.24. The van der Waals surface area contributed by atoms with E-state index in [9.17, 15) is 0 Å². The number of aryl methyl sites for hydroxylation is 2. The van der Waals surface area contributed by atoms with Crippen LogP contribution in [-0.4, -0.2) is 10.7 Å². The molecule has 0 bridgehead atoms. The predicted molar refractivity (Wildman–Crippen MR) is 126 cm³/mol. The molecular weight excluding hydrogens is 386 g/mol. The Bertz CT molecular complexity index is 1200. The third-order valence-electron chi connectivity index (χ3n) is 5.56. The quantitative estimate of drug-likeness (QED) is 0.371. The van der Waals surface area contributed by atoms with Crippen molar-refractivity contribution in [3.05, 3.63) is 106 Å². The first-order chi connectivity index (χ1) is 14.7. The number of hydrogen-bond donors (Lipinski definition) is 0. The highest BCUT2D eigenvalue weighted by Crippen LogP contribution is 2.39. The Kier molecular flexibility index (Phi) is 4.93. The summed E-state index contributed by atoms with van der Waals surface area (Å²) < 4.78 is 0. The summed E-state index contributed by atoms with van der Waals surface area (Å²) in [5.74, 6) is 0. The molecule has 2 heterocycles. The van der Waals surface area contributed by atoms with Gasteiger partial charge in [-0.1, -0.05) is 78.4 Å². The van der Waals surface area contributed by atoms with E-state index in [2.05, 4.69) is 97.0 Å². The molecule has 0 N–H and O–H groups in total. The van der Waals surface area contributed by atoms with Gasteiger partial charge in [0.2, 0.25) is 5.13 Å². The number of benzene rings is 3. The molecule has 3 aromatic carbocycles. The minimum atomic E-state index is 0.152. The van der Waals surface area contributed by atoms with E-state index in [0.29, 0.717) is 0 Å². The highest BCUT2D eigenvalue weighted by atomic mass is 32.1. The molecule has 30 heavy (non-hydrogen) atoms. The largest absolute Gasteiger partial charge is 0.231 e. The SMILES string of the molecule is Cc1ccc(C)c(-c2csc(N3N=C(c4ccccc4)C[C@@H]3c3ccccc3)n2)c1. The molecule has 0 aliphatic carbocycles. The summed E-state index contributed by atoms with van der Waals surface area (Å²) in [4.78, 5) is 5.01. The summed E-state index contributed by atoms with van der Waals surface area (Å²) in [5, 5.41) is 10.2. The van der Waals surface area contributed by atoms with Crippen LogP contribution in [0.5, 0.6) is 0 Å². The second-order valence-electron chi connectivity index (χ2n) is 7.72. The molecule has 0 saturated carbocycles. The van der Waals surface area contributed by atoms with Crippen LogP contribution in [0.4, 0.5) is 5.13 Å². The molecule has 5 rings (SSSR count). The van der Waals surface area contributed by atoms with Crippen LogP contribution in [0.2, 0.25) is 0 Å². The van der Waals surface area contributed by atoms with Gasteiger partial charge in [-0.2, -0.15) is 5.10 Å². The number of thiazole rings is 1. The number of anilines is 1. The molecule has 1 atom stereocenters. The van der Waals surface area contributed by atoms with Crippen LogP contribution in [-0.2, 0) is 0 Å². The maximum absolute atomic E-state index is 5.03. The average molecular weight is 410 g/mol. The Morgan fingerprint density at radius 3 is 2.40 bits per heavy atom. The van der Waals surface area contributed by atoms with E-state index in [1.54, 1.807) is 11.3 Å². The van der Waals surface area contributed by atoms with Crippen molar-refractivity contribution < 1.29 is 0 Å². The van der Waals surface area contributed by atoms with Crippen LogP contribution in [0.3, 0.4) is 0 Å². The molecule has 0 unspecified atom stereocenters. The van der Waals surface area contributed by atoms with Gasteiger partial charge in [0.05, 0.1) is 17.4 Å². The normalized spacial score (nSPS) is 16.0. The zero-order chi connectivity index (χ0) is 20.5. The highest BCUT2D eigenvalue weighted by Gasteiger charge is 2.31. The molecule has 1 aromatic heterocycles. The zero-order valence-electron chi connectivity index (χ0n) is 17.1. The van der Waals surface area contributed by atoms with Gasteiger partial charge in [0, 0.05) is 17.4 Å². The predicted octanol–water partition coefficient (Wildman–Crippen LogP) is 6.78. The number of nitrogens with zero attached hydrogens (tertiary/aromatic N) is 3. The molecule has 0 fully saturated rings. The van der Waals surface area contributed by atoms with Crippen molar-refractivity contribution >= 4 is 22.2 Å². The van der Waals surface area contributed by atoms with Gasteiger partial charge in [-0.15, -0.1) is 11.3 Å². The van der Waals surface area contributed by atoms with Gasteiger partial charge in [-0.05, 0) is 36.6 Å². The molecule has 4 aromatic rings. The second kappa shape index (κ2) is 7.88. The van der Waals surface area contributed by atoms with Gasteiger partial charge in [0.1, 0.15) is 0 Å². The number of hydrogen-bond acceptors (Lipinski definition) is 4. The first-order valence-corrected chi connectivity index (χ1v) is 11.1. The Balaban J connectivity index is 1.55. The lowest BCUT2D eigenvalue weighted by atomic mass is 9.99. The first-order valence-electron chi connectivity index (χ1n) is 10.2. The van der Waals surface area contributed by atoms with E-state index >= 15 is 0 Å². The molecule has 1 aliphatic rings. The van der Waals surface area contributed by atoms with E-state index in [1.807, 2.05) is 6.07 Å². The monoisotopic (exact) mass is 409 g/mol. The molecule has 3 nitrogen and oxygen atoms in total. The number of rotatable bonds is 4. The fraction of sp³-hybridized carbons (Fsp3) is 0.154. The van der Waals surface area contributed by atoms with E-state index in [-0.39, 0.29) is 6.04 Å². The van der Waals surface area contributed by atoms with E-state index in [0.717, 1.165) is 23.0 Å². The Morgan fingerprint density at radius 1 is 0.900 bits per heavy atom. The van der Waals surface area contributed by atoms with Crippen molar-refractivity contribution in [2.45, 2.75) is 26.3 Å². The van der Waals surface area contributed by atoms with Crippen LogP contribution in [0, 0.1) is 13.8 Å². The van der Waals surface area contributed by atoms with Crippen LogP contribution in [0.25, 0.3) is 11.3 Å². The summed E-state index contributed by atoms with van der Waals surface area (Å²) in [6.45, 7) is 4.26. The molecule has 148 valence electrons.